The van der Waals surface area contributed by atoms with Gasteiger partial charge in [-0.2, -0.15) is 0 Å². The third-order valence-electron chi connectivity index (χ3n) is 2.02. The number of aromatic nitrogens is 2. The molecule has 3 nitrogen and oxygen atoms in total. The highest BCUT2D eigenvalue weighted by atomic mass is 16.5. The molecule has 0 radical (unpaired) electrons. The van der Waals surface area contributed by atoms with Crippen LogP contribution in [0.15, 0.2) is 18.7 Å². The number of methoxy groups -OCH3 is 1. The van der Waals surface area contributed by atoms with E-state index in [-0.39, 0.29) is 5.54 Å². The van der Waals surface area contributed by atoms with Crippen LogP contribution >= 0.6 is 0 Å². The molecule has 1 aromatic rings. The molecule has 0 aromatic carbocycles. The minimum Gasteiger partial charge on any atom is -0.381 e. The van der Waals surface area contributed by atoms with Crippen molar-refractivity contribution in [1.29, 1.82) is 0 Å². The normalized spacial score (nSPS) is 12.0. The van der Waals surface area contributed by atoms with Gasteiger partial charge in [-0.15, -0.1) is 0 Å². The van der Waals surface area contributed by atoms with Gasteiger partial charge < -0.3 is 4.74 Å². The van der Waals surface area contributed by atoms with Crippen LogP contribution in [0.25, 0.3) is 0 Å². The van der Waals surface area contributed by atoms with Gasteiger partial charge in [0.1, 0.15) is 24.5 Å². The number of ether oxygens (including phenoxy) is 1. The minimum absolute atomic E-state index is 0.165. The second kappa shape index (κ2) is 3.92. The average Bonchev–Trinajstić information content (AvgIpc) is 2.47. The molecule has 1 heterocycles. The van der Waals surface area contributed by atoms with E-state index in [9.17, 15) is 0 Å². The SMILES string of the molecule is COCCn1cc[n+](C(C)(C)C)c1. The largest absolute Gasteiger partial charge is 0.381 e. The van der Waals surface area contributed by atoms with Crippen LogP contribution in [0.5, 0.6) is 0 Å². The van der Waals surface area contributed by atoms with Gasteiger partial charge in [-0.1, -0.05) is 0 Å². The van der Waals surface area contributed by atoms with Crippen LogP contribution in [-0.2, 0) is 16.8 Å². The summed E-state index contributed by atoms with van der Waals surface area (Å²) in [5.74, 6) is 0. The van der Waals surface area contributed by atoms with Gasteiger partial charge in [0.2, 0.25) is 6.33 Å². The van der Waals surface area contributed by atoms with Crippen LogP contribution in [0.1, 0.15) is 20.8 Å². The molecule has 0 bridgehead atoms. The molecular formula is C10H19N2O+. The van der Waals surface area contributed by atoms with E-state index in [0.717, 1.165) is 13.2 Å². The first kappa shape index (κ1) is 10.3. The van der Waals surface area contributed by atoms with E-state index in [4.69, 9.17) is 4.74 Å². The molecule has 0 aliphatic carbocycles. The Bertz CT molecular complexity index is 260. The van der Waals surface area contributed by atoms with Crippen molar-refractivity contribution in [3.8, 4) is 0 Å². The summed E-state index contributed by atoms with van der Waals surface area (Å²) in [5.41, 5.74) is 0.165. The first-order valence-electron chi connectivity index (χ1n) is 4.60. The van der Waals surface area contributed by atoms with E-state index >= 15 is 0 Å². The van der Waals surface area contributed by atoms with E-state index in [1.54, 1.807) is 7.11 Å². The van der Waals surface area contributed by atoms with E-state index < -0.39 is 0 Å². The average molecular weight is 183 g/mol. The van der Waals surface area contributed by atoms with Crippen LogP contribution in [0.2, 0.25) is 0 Å². The molecule has 0 aliphatic heterocycles. The number of nitrogens with zero attached hydrogens (tertiary/aromatic N) is 2. The second-order valence-electron chi connectivity index (χ2n) is 4.22. The quantitative estimate of drug-likeness (QED) is 0.643. The topological polar surface area (TPSA) is 18.0 Å². The van der Waals surface area contributed by atoms with Crippen LogP contribution in [0, 0.1) is 0 Å². The zero-order valence-corrected chi connectivity index (χ0v) is 8.95. The Labute approximate surface area is 79.9 Å². The molecule has 13 heavy (non-hydrogen) atoms. The molecule has 0 atom stereocenters. The Morgan fingerprint density at radius 3 is 2.54 bits per heavy atom. The Hall–Kier alpha value is -0.830. The number of rotatable bonds is 3. The minimum atomic E-state index is 0.165. The summed E-state index contributed by atoms with van der Waals surface area (Å²) in [6, 6.07) is 0. The highest BCUT2D eigenvalue weighted by molar-refractivity contribution is 4.68. The van der Waals surface area contributed by atoms with Crippen molar-refractivity contribution >= 4 is 0 Å². The van der Waals surface area contributed by atoms with Crippen molar-refractivity contribution in [3.63, 3.8) is 0 Å². The van der Waals surface area contributed by atoms with Gasteiger partial charge in [0.05, 0.1) is 6.61 Å². The summed E-state index contributed by atoms with van der Waals surface area (Å²) in [6.45, 7) is 8.24. The highest BCUT2D eigenvalue weighted by Gasteiger charge is 2.18. The zero-order valence-electron chi connectivity index (χ0n) is 8.95. The molecule has 0 saturated heterocycles. The van der Waals surface area contributed by atoms with Crippen LogP contribution in [-0.4, -0.2) is 18.3 Å². The Kier molecular flexibility index (Phi) is 3.09. The molecule has 3 heteroatoms. The lowest BCUT2D eigenvalue weighted by Gasteiger charge is -2.13. The maximum absolute atomic E-state index is 5.01. The van der Waals surface area contributed by atoms with Crippen LogP contribution in [0.4, 0.5) is 0 Å². The van der Waals surface area contributed by atoms with E-state index in [1.165, 1.54) is 0 Å². The predicted molar refractivity (Wildman–Crippen MR) is 51.5 cm³/mol. The first-order valence-corrected chi connectivity index (χ1v) is 4.60. The fourth-order valence-corrected chi connectivity index (χ4v) is 1.12. The molecule has 1 aromatic heterocycles. The summed E-state index contributed by atoms with van der Waals surface area (Å²) < 4.78 is 9.34. The number of imidazole rings is 1. The monoisotopic (exact) mass is 183 g/mol. The van der Waals surface area contributed by atoms with Crippen molar-refractivity contribution in [2.24, 2.45) is 0 Å². The lowest BCUT2D eigenvalue weighted by molar-refractivity contribution is -0.753. The van der Waals surface area contributed by atoms with Gasteiger partial charge in [-0.25, -0.2) is 9.13 Å². The molecular weight excluding hydrogens is 164 g/mol. The van der Waals surface area contributed by atoms with Crippen LogP contribution in [0.3, 0.4) is 0 Å². The molecule has 0 fully saturated rings. The Morgan fingerprint density at radius 1 is 1.38 bits per heavy atom. The highest BCUT2D eigenvalue weighted by Crippen LogP contribution is 2.02. The number of hydrogen-bond donors (Lipinski definition) is 0. The summed E-state index contributed by atoms with van der Waals surface area (Å²) in [7, 11) is 1.72. The van der Waals surface area contributed by atoms with Gasteiger partial charge in [-0.3, -0.25) is 0 Å². The van der Waals surface area contributed by atoms with Gasteiger partial charge in [-0.05, 0) is 20.8 Å². The van der Waals surface area contributed by atoms with Crippen molar-refractivity contribution in [1.82, 2.24) is 4.57 Å². The number of hydrogen-bond acceptors (Lipinski definition) is 1. The summed E-state index contributed by atoms with van der Waals surface area (Å²) in [5, 5.41) is 0. The van der Waals surface area contributed by atoms with Crippen molar-refractivity contribution in [2.45, 2.75) is 32.9 Å². The van der Waals surface area contributed by atoms with Gasteiger partial charge in [0.25, 0.3) is 0 Å². The summed E-state index contributed by atoms with van der Waals surface area (Å²) >= 11 is 0. The molecule has 1 rings (SSSR count). The lowest BCUT2D eigenvalue weighted by Crippen LogP contribution is -2.48. The fraction of sp³-hybridized carbons (Fsp3) is 0.700. The Balaban J connectivity index is 2.64. The van der Waals surface area contributed by atoms with E-state index in [1.807, 2.05) is 0 Å². The van der Waals surface area contributed by atoms with Crippen LogP contribution < -0.4 is 4.57 Å². The van der Waals surface area contributed by atoms with Gasteiger partial charge in [0, 0.05) is 7.11 Å². The molecule has 0 unspecified atom stereocenters. The molecule has 0 saturated carbocycles. The maximum Gasteiger partial charge on any atom is 0.244 e. The third kappa shape index (κ3) is 2.84. The van der Waals surface area contributed by atoms with Crippen molar-refractivity contribution in [2.75, 3.05) is 13.7 Å². The van der Waals surface area contributed by atoms with Crippen molar-refractivity contribution < 1.29 is 9.30 Å². The first-order chi connectivity index (χ1) is 6.04. The third-order valence-corrected chi connectivity index (χ3v) is 2.02. The standard InChI is InChI=1S/C10H19N2O/c1-10(2,3)12-6-5-11(9-12)7-8-13-4/h5-6,9H,7-8H2,1-4H3/q+1. The molecule has 74 valence electrons. The zero-order chi connectivity index (χ0) is 9.90. The lowest BCUT2D eigenvalue weighted by atomic mass is 10.1. The molecule has 0 amide bonds. The molecule has 0 aliphatic rings. The summed E-state index contributed by atoms with van der Waals surface area (Å²) in [6.07, 6.45) is 6.28. The summed E-state index contributed by atoms with van der Waals surface area (Å²) in [4.78, 5) is 0. The van der Waals surface area contributed by atoms with Gasteiger partial charge in [0.15, 0.2) is 0 Å². The van der Waals surface area contributed by atoms with Crippen molar-refractivity contribution in [3.05, 3.63) is 18.7 Å². The van der Waals surface area contributed by atoms with E-state index in [0.29, 0.717) is 0 Å². The maximum atomic E-state index is 5.01. The van der Waals surface area contributed by atoms with Gasteiger partial charge >= 0.3 is 0 Å². The molecule has 0 spiro atoms. The second-order valence-corrected chi connectivity index (χ2v) is 4.22. The predicted octanol–water partition coefficient (Wildman–Crippen LogP) is 1.18. The van der Waals surface area contributed by atoms with E-state index in [2.05, 4.69) is 48.6 Å². The fourth-order valence-electron chi connectivity index (χ4n) is 1.12. The molecule has 0 N–H and O–H groups in total. The smallest absolute Gasteiger partial charge is 0.244 e. The Morgan fingerprint density at radius 2 is 2.08 bits per heavy atom.